The molecule has 0 radical (unpaired) electrons. The quantitative estimate of drug-likeness (QED) is 0.831. The lowest BCUT2D eigenvalue weighted by molar-refractivity contribution is -0.149. The first kappa shape index (κ1) is 13.5. The molecule has 98 valence electrons. The van der Waals surface area contributed by atoms with E-state index in [0.29, 0.717) is 5.75 Å². The van der Waals surface area contributed by atoms with Gasteiger partial charge in [-0.25, -0.2) is 0 Å². The Labute approximate surface area is 113 Å². The van der Waals surface area contributed by atoms with Crippen LogP contribution >= 0.6 is 11.8 Å². The molecule has 0 aromatic heterocycles. The zero-order valence-corrected chi connectivity index (χ0v) is 11.6. The molecule has 1 aromatic carbocycles. The molecule has 0 bridgehead atoms. The van der Waals surface area contributed by atoms with Gasteiger partial charge >= 0.3 is 5.97 Å². The zero-order valence-electron chi connectivity index (χ0n) is 10.8. The van der Waals surface area contributed by atoms with Crippen LogP contribution in [0.15, 0.2) is 29.2 Å². The number of aliphatic carboxylic acids is 1. The summed E-state index contributed by atoms with van der Waals surface area (Å²) in [5, 5.41) is 9.50. The van der Waals surface area contributed by atoms with Gasteiger partial charge in [0.1, 0.15) is 0 Å². The van der Waals surface area contributed by atoms with Crippen molar-refractivity contribution in [2.24, 2.45) is 5.41 Å². The molecule has 1 aliphatic rings. The molecule has 2 rings (SSSR count). The molecular weight excluding hydrogens is 244 g/mol. The van der Waals surface area contributed by atoms with Crippen LogP contribution in [0.4, 0.5) is 0 Å². The van der Waals surface area contributed by atoms with E-state index >= 15 is 0 Å². The van der Waals surface area contributed by atoms with Crippen molar-refractivity contribution in [2.45, 2.75) is 43.9 Å². The summed E-state index contributed by atoms with van der Waals surface area (Å²) >= 11 is 1.68. The first-order valence-corrected chi connectivity index (χ1v) is 7.54. The van der Waals surface area contributed by atoms with Crippen molar-refractivity contribution in [3.05, 3.63) is 29.8 Å². The highest BCUT2D eigenvalue weighted by Gasteiger charge is 2.39. The Balaban J connectivity index is 2.01. The van der Waals surface area contributed by atoms with Gasteiger partial charge in [-0.3, -0.25) is 4.79 Å². The summed E-state index contributed by atoms with van der Waals surface area (Å²) in [5.74, 6) is 0.0904. The molecule has 1 aromatic rings. The van der Waals surface area contributed by atoms with Crippen molar-refractivity contribution in [3.8, 4) is 0 Å². The molecule has 0 heterocycles. The SMILES string of the molecule is Cc1ccc(SCC2(C(=O)O)CCCCC2)cc1. The predicted molar refractivity (Wildman–Crippen MR) is 75.1 cm³/mol. The minimum atomic E-state index is -0.609. The van der Waals surface area contributed by atoms with E-state index in [2.05, 4.69) is 31.2 Å². The summed E-state index contributed by atoms with van der Waals surface area (Å²) in [6.07, 6.45) is 4.97. The van der Waals surface area contributed by atoms with Crippen LogP contribution in [0.2, 0.25) is 0 Å². The Morgan fingerprint density at radius 1 is 1.22 bits per heavy atom. The molecule has 0 aliphatic heterocycles. The Morgan fingerprint density at radius 2 is 1.83 bits per heavy atom. The monoisotopic (exact) mass is 264 g/mol. The number of carboxylic acid groups (broad SMARTS) is 1. The maximum Gasteiger partial charge on any atom is 0.310 e. The van der Waals surface area contributed by atoms with Gasteiger partial charge in [0.2, 0.25) is 0 Å². The number of benzene rings is 1. The highest BCUT2D eigenvalue weighted by molar-refractivity contribution is 7.99. The van der Waals surface area contributed by atoms with Crippen LogP contribution in [0.1, 0.15) is 37.7 Å². The molecule has 1 fully saturated rings. The minimum absolute atomic E-state index is 0.492. The minimum Gasteiger partial charge on any atom is -0.481 e. The van der Waals surface area contributed by atoms with E-state index in [1.807, 2.05) is 0 Å². The molecule has 3 heteroatoms. The van der Waals surface area contributed by atoms with E-state index in [1.165, 1.54) is 16.9 Å². The molecule has 0 unspecified atom stereocenters. The maximum atomic E-state index is 11.5. The lowest BCUT2D eigenvalue weighted by Crippen LogP contribution is -2.35. The van der Waals surface area contributed by atoms with E-state index in [0.717, 1.165) is 25.7 Å². The average Bonchev–Trinajstić information content (AvgIpc) is 2.39. The second-order valence-corrected chi connectivity index (χ2v) is 6.30. The van der Waals surface area contributed by atoms with Crippen LogP contribution in [0, 0.1) is 12.3 Å². The fraction of sp³-hybridized carbons (Fsp3) is 0.533. The number of carbonyl (C=O) groups is 1. The lowest BCUT2D eigenvalue weighted by atomic mass is 9.76. The highest BCUT2D eigenvalue weighted by Crippen LogP contribution is 2.40. The highest BCUT2D eigenvalue weighted by atomic mass is 32.2. The van der Waals surface area contributed by atoms with Gasteiger partial charge < -0.3 is 5.11 Å². The molecule has 1 saturated carbocycles. The summed E-state index contributed by atoms with van der Waals surface area (Å²) in [6.45, 7) is 2.06. The standard InChI is InChI=1S/C15H20O2S/c1-12-5-7-13(8-6-12)18-11-15(14(16)17)9-3-2-4-10-15/h5-8H,2-4,9-11H2,1H3,(H,16,17). The summed E-state index contributed by atoms with van der Waals surface area (Å²) < 4.78 is 0. The average molecular weight is 264 g/mol. The first-order valence-electron chi connectivity index (χ1n) is 6.55. The van der Waals surface area contributed by atoms with Crippen LogP contribution in [-0.4, -0.2) is 16.8 Å². The summed E-state index contributed by atoms with van der Waals surface area (Å²) in [5.41, 5.74) is 0.748. The third-order valence-electron chi connectivity index (χ3n) is 3.80. The topological polar surface area (TPSA) is 37.3 Å². The number of hydrogen-bond acceptors (Lipinski definition) is 2. The number of carboxylic acids is 1. The van der Waals surface area contributed by atoms with Crippen LogP contribution in [0.25, 0.3) is 0 Å². The summed E-state index contributed by atoms with van der Waals surface area (Å²) in [4.78, 5) is 12.7. The van der Waals surface area contributed by atoms with E-state index in [1.54, 1.807) is 11.8 Å². The third-order valence-corrected chi connectivity index (χ3v) is 5.10. The summed E-state index contributed by atoms with van der Waals surface area (Å²) in [7, 11) is 0. The molecule has 0 amide bonds. The Kier molecular flexibility index (Phi) is 4.33. The predicted octanol–water partition coefficient (Wildman–Crippen LogP) is 4.12. The number of thioether (sulfide) groups is 1. The molecule has 2 nitrogen and oxygen atoms in total. The number of aryl methyl sites for hydroxylation is 1. The van der Waals surface area contributed by atoms with E-state index in [4.69, 9.17) is 0 Å². The van der Waals surface area contributed by atoms with Gasteiger partial charge in [0, 0.05) is 10.6 Å². The molecule has 1 aliphatic carbocycles. The Morgan fingerprint density at radius 3 is 2.39 bits per heavy atom. The van der Waals surface area contributed by atoms with Crippen molar-refractivity contribution in [3.63, 3.8) is 0 Å². The number of rotatable bonds is 4. The largest absolute Gasteiger partial charge is 0.481 e. The van der Waals surface area contributed by atoms with E-state index in [-0.39, 0.29) is 0 Å². The second kappa shape index (κ2) is 5.79. The lowest BCUT2D eigenvalue weighted by Gasteiger charge is -2.32. The van der Waals surface area contributed by atoms with Crippen molar-refractivity contribution < 1.29 is 9.90 Å². The fourth-order valence-electron chi connectivity index (χ4n) is 2.50. The summed E-state index contributed by atoms with van der Waals surface area (Å²) in [6, 6.07) is 8.32. The second-order valence-electron chi connectivity index (χ2n) is 5.25. The molecule has 0 atom stereocenters. The third kappa shape index (κ3) is 3.08. The normalized spacial score (nSPS) is 18.5. The van der Waals surface area contributed by atoms with E-state index in [9.17, 15) is 9.90 Å². The van der Waals surface area contributed by atoms with Crippen LogP contribution in [0.5, 0.6) is 0 Å². The van der Waals surface area contributed by atoms with Gasteiger partial charge in [-0.2, -0.15) is 0 Å². The van der Waals surface area contributed by atoms with Crippen LogP contribution in [0.3, 0.4) is 0 Å². The van der Waals surface area contributed by atoms with Crippen molar-refractivity contribution in [1.29, 1.82) is 0 Å². The van der Waals surface area contributed by atoms with Gasteiger partial charge in [0.15, 0.2) is 0 Å². The van der Waals surface area contributed by atoms with Gasteiger partial charge in [-0.15, -0.1) is 11.8 Å². The van der Waals surface area contributed by atoms with Crippen LogP contribution < -0.4 is 0 Å². The van der Waals surface area contributed by atoms with Gasteiger partial charge in [-0.1, -0.05) is 37.0 Å². The Hall–Kier alpha value is -0.960. The zero-order chi connectivity index (χ0) is 13.0. The fourth-order valence-corrected chi connectivity index (χ4v) is 3.69. The van der Waals surface area contributed by atoms with Gasteiger partial charge in [0.05, 0.1) is 5.41 Å². The smallest absolute Gasteiger partial charge is 0.310 e. The van der Waals surface area contributed by atoms with Gasteiger partial charge in [-0.05, 0) is 31.9 Å². The van der Waals surface area contributed by atoms with Crippen molar-refractivity contribution >= 4 is 17.7 Å². The van der Waals surface area contributed by atoms with Crippen molar-refractivity contribution in [1.82, 2.24) is 0 Å². The Bertz CT molecular complexity index is 405. The van der Waals surface area contributed by atoms with E-state index < -0.39 is 11.4 Å². The first-order chi connectivity index (χ1) is 8.62. The molecule has 18 heavy (non-hydrogen) atoms. The molecule has 0 spiro atoms. The molecular formula is C15H20O2S. The molecule has 0 saturated heterocycles. The molecule has 1 N–H and O–H groups in total. The number of hydrogen-bond donors (Lipinski definition) is 1. The van der Waals surface area contributed by atoms with Crippen molar-refractivity contribution in [2.75, 3.05) is 5.75 Å². The van der Waals surface area contributed by atoms with Gasteiger partial charge in [0.25, 0.3) is 0 Å². The maximum absolute atomic E-state index is 11.5. The van der Waals surface area contributed by atoms with Crippen LogP contribution in [-0.2, 0) is 4.79 Å².